The van der Waals surface area contributed by atoms with Crippen LogP contribution in [0.1, 0.15) is 5.56 Å². The molecule has 24 heavy (non-hydrogen) atoms. The smallest absolute Gasteiger partial charge is 0.237 e. The first-order chi connectivity index (χ1) is 11.4. The number of aromatic nitrogens is 3. The van der Waals surface area contributed by atoms with Gasteiger partial charge < -0.3 is 0 Å². The Hall–Kier alpha value is -1.93. The van der Waals surface area contributed by atoms with Gasteiger partial charge in [-0.3, -0.25) is 0 Å². The number of hydrogen-bond donors (Lipinski definition) is 1. The summed E-state index contributed by atoms with van der Waals surface area (Å²) in [4.78, 5) is 4.26. The van der Waals surface area contributed by atoms with Crippen molar-refractivity contribution in [2.45, 2.75) is 11.4 Å². The van der Waals surface area contributed by atoms with E-state index < -0.39 is 10.0 Å². The third-order valence-corrected chi connectivity index (χ3v) is 4.98. The molecule has 0 fully saturated rings. The lowest BCUT2D eigenvalue weighted by Gasteiger charge is -2.08. The molecule has 2 aromatic heterocycles. The SMILES string of the molecule is O=S(=O)(NCc1ccc(-n2cccn2)nc1)c1cc(Cl)cc(Cl)c1. The van der Waals surface area contributed by atoms with Crippen LogP contribution in [-0.2, 0) is 16.6 Å². The molecule has 6 nitrogen and oxygen atoms in total. The number of halogens is 2. The van der Waals surface area contributed by atoms with E-state index in [0.717, 1.165) is 0 Å². The van der Waals surface area contributed by atoms with Gasteiger partial charge in [0.2, 0.25) is 10.0 Å². The van der Waals surface area contributed by atoms with Crippen molar-refractivity contribution in [1.29, 1.82) is 0 Å². The summed E-state index contributed by atoms with van der Waals surface area (Å²) in [6.45, 7) is 0.0961. The normalized spacial score (nSPS) is 11.6. The predicted molar refractivity (Wildman–Crippen MR) is 91.8 cm³/mol. The van der Waals surface area contributed by atoms with Crippen LogP contribution in [0.2, 0.25) is 10.0 Å². The third kappa shape index (κ3) is 3.93. The Bertz CT molecular complexity index is 922. The van der Waals surface area contributed by atoms with Crippen LogP contribution >= 0.6 is 23.2 Å². The maximum Gasteiger partial charge on any atom is 0.240 e. The second-order valence-electron chi connectivity index (χ2n) is 4.90. The first-order valence-electron chi connectivity index (χ1n) is 6.85. The summed E-state index contributed by atoms with van der Waals surface area (Å²) >= 11 is 11.7. The van der Waals surface area contributed by atoms with Gasteiger partial charge in [-0.2, -0.15) is 5.10 Å². The summed E-state index contributed by atoms with van der Waals surface area (Å²) < 4.78 is 28.7. The number of nitrogens with zero attached hydrogens (tertiary/aromatic N) is 3. The highest BCUT2D eigenvalue weighted by atomic mass is 35.5. The van der Waals surface area contributed by atoms with E-state index in [2.05, 4.69) is 14.8 Å². The topological polar surface area (TPSA) is 76.9 Å². The zero-order valence-corrected chi connectivity index (χ0v) is 14.6. The molecule has 9 heteroatoms. The fraction of sp³-hybridized carbons (Fsp3) is 0.0667. The summed E-state index contributed by atoms with van der Waals surface area (Å²) in [6.07, 6.45) is 5.01. The summed E-state index contributed by atoms with van der Waals surface area (Å²) in [5, 5.41) is 4.59. The zero-order chi connectivity index (χ0) is 17.2. The Morgan fingerprint density at radius 1 is 1.12 bits per heavy atom. The first kappa shape index (κ1) is 16.9. The molecule has 0 spiro atoms. The molecule has 3 aromatic rings. The lowest BCUT2D eigenvalue weighted by Crippen LogP contribution is -2.23. The van der Waals surface area contributed by atoms with Crippen molar-refractivity contribution in [1.82, 2.24) is 19.5 Å². The molecule has 1 aromatic carbocycles. The van der Waals surface area contributed by atoms with Crippen LogP contribution in [0, 0.1) is 0 Å². The molecule has 0 saturated carbocycles. The van der Waals surface area contributed by atoms with Crippen LogP contribution in [0.3, 0.4) is 0 Å². The van der Waals surface area contributed by atoms with Crippen molar-refractivity contribution in [3.8, 4) is 5.82 Å². The van der Waals surface area contributed by atoms with Gasteiger partial charge in [-0.25, -0.2) is 22.8 Å². The monoisotopic (exact) mass is 382 g/mol. The zero-order valence-electron chi connectivity index (χ0n) is 12.2. The van der Waals surface area contributed by atoms with Gasteiger partial charge in [-0.1, -0.05) is 29.3 Å². The van der Waals surface area contributed by atoms with Crippen LogP contribution < -0.4 is 4.72 Å². The van der Waals surface area contributed by atoms with Crippen LogP contribution in [0.5, 0.6) is 0 Å². The summed E-state index contributed by atoms with van der Waals surface area (Å²) in [6, 6.07) is 9.48. The highest BCUT2D eigenvalue weighted by Gasteiger charge is 2.15. The Morgan fingerprint density at radius 3 is 2.46 bits per heavy atom. The highest BCUT2D eigenvalue weighted by molar-refractivity contribution is 7.89. The lowest BCUT2D eigenvalue weighted by atomic mass is 10.3. The molecular formula is C15H12Cl2N4O2S. The predicted octanol–water partition coefficient (Wildman–Crippen LogP) is 3.05. The fourth-order valence-electron chi connectivity index (χ4n) is 2.01. The van der Waals surface area contributed by atoms with E-state index in [1.54, 1.807) is 41.5 Å². The molecule has 1 N–H and O–H groups in total. The summed E-state index contributed by atoms with van der Waals surface area (Å²) in [5.41, 5.74) is 0.711. The minimum absolute atomic E-state index is 0.0149. The molecule has 3 rings (SSSR count). The van der Waals surface area contributed by atoms with Crippen molar-refractivity contribution in [2.75, 3.05) is 0 Å². The number of pyridine rings is 1. The summed E-state index contributed by atoms with van der Waals surface area (Å²) in [7, 11) is -3.72. The second-order valence-corrected chi connectivity index (χ2v) is 7.54. The highest BCUT2D eigenvalue weighted by Crippen LogP contribution is 2.22. The van der Waals surface area contributed by atoms with Gasteiger partial charge in [-0.15, -0.1) is 0 Å². The quantitative estimate of drug-likeness (QED) is 0.735. The van der Waals surface area contributed by atoms with E-state index >= 15 is 0 Å². The van der Waals surface area contributed by atoms with Crippen LogP contribution in [-0.4, -0.2) is 23.2 Å². The molecule has 0 amide bonds. The molecule has 0 bridgehead atoms. The van der Waals surface area contributed by atoms with Gasteiger partial charge in [0.15, 0.2) is 5.82 Å². The van der Waals surface area contributed by atoms with Crippen molar-refractivity contribution >= 4 is 33.2 Å². The largest absolute Gasteiger partial charge is 0.240 e. The molecule has 0 aliphatic heterocycles. The molecule has 0 aliphatic rings. The van der Waals surface area contributed by atoms with Gasteiger partial charge in [0.05, 0.1) is 4.90 Å². The second kappa shape index (κ2) is 6.90. The van der Waals surface area contributed by atoms with Gasteiger partial charge in [0.1, 0.15) is 0 Å². The number of rotatable bonds is 5. The van der Waals surface area contributed by atoms with Gasteiger partial charge in [0, 0.05) is 35.2 Å². The van der Waals surface area contributed by atoms with Crippen LogP contribution in [0.4, 0.5) is 0 Å². The fourth-order valence-corrected chi connectivity index (χ4v) is 3.75. The Morgan fingerprint density at radius 2 is 1.88 bits per heavy atom. The molecule has 0 unspecified atom stereocenters. The Kier molecular flexibility index (Phi) is 4.86. The molecule has 124 valence electrons. The number of hydrogen-bond acceptors (Lipinski definition) is 4. The van der Waals surface area contributed by atoms with Gasteiger partial charge >= 0.3 is 0 Å². The Labute approximate surface area is 149 Å². The maximum atomic E-state index is 12.3. The molecule has 0 atom stereocenters. The number of nitrogens with one attached hydrogen (secondary N) is 1. The average Bonchev–Trinajstić information content (AvgIpc) is 3.07. The lowest BCUT2D eigenvalue weighted by molar-refractivity contribution is 0.581. The van der Waals surface area contributed by atoms with E-state index in [4.69, 9.17) is 23.2 Å². The van der Waals surface area contributed by atoms with Gasteiger partial charge in [0.25, 0.3) is 0 Å². The molecular weight excluding hydrogens is 371 g/mol. The number of sulfonamides is 1. The minimum atomic E-state index is -3.72. The third-order valence-electron chi connectivity index (χ3n) is 3.16. The van der Waals surface area contributed by atoms with E-state index in [9.17, 15) is 8.42 Å². The van der Waals surface area contributed by atoms with E-state index in [1.807, 2.05) is 0 Å². The number of benzene rings is 1. The van der Waals surface area contributed by atoms with Crippen molar-refractivity contribution in [2.24, 2.45) is 0 Å². The molecule has 0 saturated heterocycles. The van der Waals surface area contributed by atoms with Crippen molar-refractivity contribution in [3.05, 3.63) is 70.6 Å². The van der Waals surface area contributed by atoms with Crippen LogP contribution in [0.15, 0.2) is 59.9 Å². The van der Waals surface area contributed by atoms with E-state index in [-0.39, 0.29) is 21.5 Å². The van der Waals surface area contributed by atoms with Crippen molar-refractivity contribution in [3.63, 3.8) is 0 Å². The van der Waals surface area contributed by atoms with Crippen molar-refractivity contribution < 1.29 is 8.42 Å². The van der Waals surface area contributed by atoms with E-state index in [0.29, 0.717) is 11.4 Å². The first-order valence-corrected chi connectivity index (χ1v) is 9.09. The summed E-state index contributed by atoms with van der Waals surface area (Å²) in [5.74, 6) is 0.647. The Balaban J connectivity index is 1.72. The van der Waals surface area contributed by atoms with Crippen LogP contribution in [0.25, 0.3) is 5.82 Å². The van der Waals surface area contributed by atoms with E-state index in [1.165, 1.54) is 18.2 Å². The minimum Gasteiger partial charge on any atom is -0.237 e. The molecule has 0 aliphatic carbocycles. The standard InChI is InChI=1S/C15H12Cl2N4O2S/c16-12-6-13(17)8-14(7-12)24(22,23)20-10-11-2-3-15(18-9-11)21-5-1-4-19-21/h1-9,20H,10H2. The van der Waals surface area contributed by atoms with Gasteiger partial charge in [-0.05, 0) is 35.9 Å². The molecule has 0 radical (unpaired) electrons. The molecule has 2 heterocycles. The average molecular weight is 383 g/mol. The maximum absolute atomic E-state index is 12.3.